The Kier molecular flexibility index (Phi) is 5.50. The van der Waals surface area contributed by atoms with E-state index >= 15 is 0 Å². The van der Waals surface area contributed by atoms with Crippen LogP contribution < -0.4 is 5.32 Å². The minimum Gasteiger partial charge on any atom is -0.343 e. The minimum atomic E-state index is -0.597. The van der Waals surface area contributed by atoms with E-state index in [1.807, 2.05) is 17.5 Å². The van der Waals surface area contributed by atoms with E-state index in [1.165, 1.54) is 23.5 Å². The van der Waals surface area contributed by atoms with Crippen LogP contribution in [0.25, 0.3) is 0 Å². The highest BCUT2D eigenvalue weighted by Crippen LogP contribution is 2.45. The third-order valence-corrected chi connectivity index (χ3v) is 6.88. The minimum absolute atomic E-state index is 0.202. The van der Waals surface area contributed by atoms with Crippen LogP contribution >= 0.6 is 11.3 Å². The number of benzene rings is 1. The van der Waals surface area contributed by atoms with Crippen LogP contribution in [0.2, 0.25) is 0 Å². The van der Waals surface area contributed by atoms with E-state index in [0.717, 1.165) is 47.4 Å². The van der Waals surface area contributed by atoms with Crippen molar-refractivity contribution in [2.75, 3.05) is 6.54 Å². The summed E-state index contributed by atoms with van der Waals surface area (Å²) in [6.07, 6.45) is 4.65. The molecule has 29 heavy (non-hydrogen) atoms. The number of carbonyl (C=O) groups is 3. The summed E-state index contributed by atoms with van der Waals surface area (Å²) < 4.78 is 13.3. The maximum Gasteiger partial charge on any atom is 0.240 e. The number of halogens is 1. The van der Waals surface area contributed by atoms with Crippen LogP contribution in [-0.4, -0.2) is 29.2 Å². The summed E-state index contributed by atoms with van der Waals surface area (Å²) in [4.78, 5) is 40.2. The first-order valence-corrected chi connectivity index (χ1v) is 10.8. The predicted octanol–water partition coefficient (Wildman–Crippen LogP) is 3.80. The molecular formula is C22H23FN2O3S. The molecule has 1 N–H and O–H groups in total. The Morgan fingerprint density at radius 2 is 1.86 bits per heavy atom. The zero-order valence-electron chi connectivity index (χ0n) is 16.0. The topological polar surface area (TPSA) is 66.5 Å². The van der Waals surface area contributed by atoms with Crippen LogP contribution in [0.4, 0.5) is 4.39 Å². The molecule has 2 aromatic rings. The Bertz CT molecular complexity index is 905. The standard InChI is InChI=1S/C22H23FN2O3S/c23-16-8-6-15(7-9-16)20(17-5-4-12-29-17)24-18(26)14-25-19(27)13-22(21(25)28)10-2-1-3-11-22/h4-9,12,20H,1-3,10-11,13-14H2,(H,24,26)/t20-/m1/s1. The summed E-state index contributed by atoms with van der Waals surface area (Å²) in [7, 11) is 0. The van der Waals surface area contributed by atoms with Crippen LogP contribution in [0.15, 0.2) is 41.8 Å². The maximum atomic E-state index is 13.3. The van der Waals surface area contributed by atoms with E-state index in [4.69, 9.17) is 0 Å². The number of hydrogen-bond donors (Lipinski definition) is 1. The molecule has 2 heterocycles. The molecule has 1 aliphatic heterocycles. The first-order chi connectivity index (χ1) is 14.0. The van der Waals surface area contributed by atoms with Gasteiger partial charge in [-0.15, -0.1) is 11.3 Å². The first-order valence-electron chi connectivity index (χ1n) is 9.92. The van der Waals surface area contributed by atoms with Crippen molar-refractivity contribution >= 4 is 29.1 Å². The molecule has 1 atom stereocenters. The lowest BCUT2D eigenvalue weighted by Gasteiger charge is -2.30. The van der Waals surface area contributed by atoms with Gasteiger partial charge < -0.3 is 5.32 Å². The summed E-state index contributed by atoms with van der Waals surface area (Å²) in [5.41, 5.74) is 0.143. The fourth-order valence-electron chi connectivity index (χ4n) is 4.42. The molecule has 0 radical (unpaired) electrons. The largest absolute Gasteiger partial charge is 0.343 e. The second kappa shape index (κ2) is 8.06. The quantitative estimate of drug-likeness (QED) is 0.757. The van der Waals surface area contributed by atoms with E-state index in [0.29, 0.717) is 0 Å². The number of likely N-dealkylation sites (tertiary alicyclic amines) is 1. The first kappa shape index (κ1) is 19.8. The number of imide groups is 1. The highest BCUT2D eigenvalue weighted by Gasteiger charge is 2.51. The number of amides is 3. The van der Waals surface area contributed by atoms with Gasteiger partial charge in [0.2, 0.25) is 17.7 Å². The Morgan fingerprint density at radius 3 is 2.52 bits per heavy atom. The fourth-order valence-corrected chi connectivity index (χ4v) is 5.22. The van der Waals surface area contributed by atoms with Crippen molar-refractivity contribution in [3.05, 3.63) is 58.0 Å². The van der Waals surface area contributed by atoms with Crippen LogP contribution in [0, 0.1) is 11.2 Å². The number of carbonyl (C=O) groups excluding carboxylic acids is 3. The van der Waals surface area contributed by atoms with Gasteiger partial charge in [-0.3, -0.25) is 19.3 Å². The number of nitrogens with one attached hydrogen (secondary N) is 1. The van der Waals surface area contributed by atoms with Crippen molar-refractivity contribution in [3.8, 4) is 0 Å². The fraction of sp³-hybridized carbons (Fsp3) is 0.409. The van der Waals surface area contributed by atoms with Gasteiger partial charge in [-0.25, -0.2) is 4.39 Å². The maximum absolute atomic E-state index is 13.3. The van der Waals surface area contributed by atoms with Gasteiger partial charge in [-0.1, -0.05) is 37.5 Å². The third kappa shape index (κ3) is 3.96. The van der Waals surface area contributed by atoms with Gasteiger partial charge in [0, 0.05) is 11.3 Å². The number of nitrogens with zero attached hydrogens (tertiary/aromatic N) is 1. The SMILES string of the molecule is O=C(CN1C(=O)CC2(CCCCC2)C1=O)N[C@H](c1ccc(F)cc1)c1cccs1. The average molecular weight is 415 g/mol. The Labute approximate surface area is 172 Å². The Hall–Kier alpha value is -2.54. The van der Waals surface area contributed by atoms with Crippen LogP contribution in [0.5, 0.6) is 0 Å². The third-order valence-electron chi connectivity index (χ3n) is 5.94. The molecule has 1 saturated carbocycles. The van der Waals surface area contributed by atoms with Crippen LogP contribution in [0.1, 0.15) is 55.0 Å². The van der Waals surface area contributed by atoms with Crippen molar-refractivity contribution in [1.29, 1.82) is 0 Å². The second-order valence-electron chi connectivity index (χ2n) is 7.87. The molecule has 1 saturated heterocycles. The van der Waals surface area contributed by atoms with Gasteiger partial charge in [-0.2, -0.15) is 0 Å². The van der Waals surface area contributed by atoms with Gasteiger partial charge in [0.15, 0.2) is 0 Å². The van der Waals surface area contributed by atoms with Gasteiger partial charge in [0.25, 0.3) is 0 Å². The zero-order valence-corrected chi connectivity index (χ0v) is 16.8. The molecule has 1 aliphatic carbocycles. The molecular weight excluding hydrogens is 391 g/mol. The summed E-state index contributed by atoms with van der Waals surface area (Å²) in [6, 6.07) is 9.27. The molecule has 1 aromatic heterocycles. The van der Waals surface area contributed by atoms with Gasteiger partial charge >= 0.3 is 0 Å². The van der Waals surface area contributed by atoms with Gasteiger partial charge in [0.05, 0.1) is 11.5 Å². The molecule has 4 rings (SSSR count). The summed E-state index contributed by atoms with van der Waals surface area (Å²) in [6.45, 7) is -0.275. The summed E-state index contributed by atoms with van der Waals surface area (Å²) in [5.74, 6) is -1.22. The average Bonchev–Trinajstić information content (AvgIpc) is 3.32. The van der Waals surface area contributed by atoms with E-state index in [2.05, 4.69) is 5.32 Å². The lowest BCUT2D eigenvalue weighted by Crippen LogP contribution is -2.43. The van der Waals surface area contributed by atoms with Crippen molar-refractivity contribution in [3.63, 3.8) is 0 Å². The van der Waals surface area contributed by atoms with E-state index in [-0.39, 0.29) is 30.6 Å². The molecule has 1 aromatic carbocycles. The molecule has 5 nitrogen and oxygen atoms in total. The molecule has 3 amide bonds. The second-order valence-corrected chi connectivity index (χ2v) is 8.85. The lowest BCUT2D eigenvalue weighted by atomic mass is 9.73. The van der Waals surface area contributed by atoms with Crippen LogP contribution in [0.3, 0.4) is 0 Å². The summed E-state index contributed by atoms with van der Waals surface area (Å²) >= 11 is 1.48. The molecule has 2 aliphatic rings. The highest BCUT2D eigenvalue weighted by atomic mass is 32.1. The summed E-state index contributed by atoms with van der Waals surface area (Å²) in [5, 5.41) is 4.82. The van der Waals surface area contributed by atoms with E-state index < -0.39 is 17.4 Å². The molecule has 1 spiro atoms. The molecule has 7 heteroatoms. The van der Waals surface area contributed by atoms with Gasteiger partial charge in [-0.05, 0) is 42.0 Å². The van der Waals surface area contributed by atoms with Crippen molar-refractivity contribution in [2.24, 2.45) is 5.41 Å². The Balaban J connectivity index is 1.49. The zero-order chi connectivity index (χ0) is 20.4. The number of thiophene rings is 1. The Morgan fingerprint density at radius 1 is 1.14 bits per heavy atom. The van der Waals surface area contributed by atoms with Crippen molar-refractivity contribution < 1.29 is 18.8 Å². The van der Waals surface area contributed by atoms with E-state index in [1.54, 1.807) is 12.1 Å². The van der Waals surface area contributed by atoms with Crippen LogP contribution in [-0.2, 0) is 14.4 Å². The number of hydrogen-bond acceptors (Lipinski definition) is 4. The molecule has 0 bridgehead atoms. The predicted molar refractivity (Wildman–Crippen MR) is 108 cm³/mol. The molecule has 0 unspecified atom stereocenters. The smallest absolute Gasteiger partial charge is 0.240 e. The molecule has 2 fully saturated rings. The van der Waals surface area contributed by atoms with Crippen molar-refractivity contribution in [1.82, 2.24) is 10.2 Å². The normalized spacial score (nSPS) is 19.6. The highest BCUT2D eigenvalue weighted by molar-refractivity contribution is 7.10. The molecule has 152 valence electrons. The lowest BCUT2D eigenvalue weighted by molar-refractivity contribution is -0.145. The van der Waals surface area contributed by atoms with Crippen molar-refractivity contribution in [2.45, 2.75) is 44.6 Å². The number of rotatable bonds is 5. The van der Waals surface area contributed by atoms with Gasteiger partial charge in [0.1, 0.15) is 12.4 Å². The monoisotopic (exact) mass is 414 g/mol. The van der Waals surface area contributed by atoms with E-state index in [9.17, 15) is 18.8 Å².